The van der Waals surface area contributed by atoms with Crippen LogP contribution < -0.4 is 38.9 Å². The number of hydrogen-bond acceptors (Lipinski definition) is 8. The van der Waals surface area contributed by atoms with Gasteiger partial charge in [-0.05, 0) is 50.6 Å². The zero-order valence-electron chi connectivity index (χ0n) is 22.3. The molecule has 15 heteroatoms. The maximum Gasteiger partial charge on any atom is 0.326 e. The zero-order chi connectivity index (χ0) is 30.1. The quantitative estimate of drug-likeness (QED) is 0.0491. The van der Waals surface area contributed by atoms with Crippen LogP contribution in [0.1, 0.15) is 44.1 Å². The molecule has 1 aromatic rings. The Bertz CT molecular complexity index is 1020. The Labute approximate surface area is 232 Å². The standard InChI is InChI=1S/C25H40N8O7/c26-11-5-4-9-17(31-21(36)16(27)13-15-7-2-1-3-8-15)22(37)32-18(10-6-12-30-25(28)29)23(38)33-19(24(39)40)14-20(34)35/h1-3,7-8,16-19H,4-6,9-14,26-27H2,(H,31,36)(H,32,37)(H,33,38)(H,34,35)(H,39,40)(H4,28,29,30). The Kier molecular flexibility index (Phi) is 15.3. The van der Waals surface area contributed by atoms with Gasteiger partial charge in [0, 0.05) is 6.54 Å². The van der Waals surface area contributed by atoms with E-state index in [0.29, 0.717) is 19.4 Å². The summed E-state index contributed by atoms with van der Waals surface area (Å²) in [4.78, 5) is 65.3. The zero-order valence-corrected chi connectivity index (χ0v) is 22.3. The molecular weight excluding hydrogens is 524 g/mol. The first kappa shape index (κ1) is 33.8. The van der Waals surface area contributed by atoms with Gasteiger partial charge >= 0.3 is 11.9 Å². The number of guanidine groups is 1. The number of carboxylic acid groups (broad SMARTS) is 2. The third kappa shape index (κ3) is 13.5. The molecule has 0 saturated heterocycles. The molecule has 1 aromatic carbocycles. The number of carboxylic acids is 2. The van der Waals surface area contributed by atoms with Crippen LogP contribution in [0.2, 0.25) is 0 Å². The number of benzene rings is 1. The number of aliphatic carboxylic acids is 2. The van der Waals surface area contributed by atoms with Crippen molar-refractivity contribution in [2.45, 2.75) is 69.1 Å². The van der Waals surface area contributed by atoms with Gasteiger partial charge in [0.25, 0.3) is 0 Å². The van der Waals surface area contributed by atoms with E-state index >= 15 is 0 Å². The number of aliphatic imine (C=N–C) groups is 1. The van der Waals surface area contributed by atoms with Gasteiger partial charge in [0.2, 0.25) is 17.7 Å². The lowest BCUT2D eigenvalue weighted by molar-refractivity contribution is -0.147. The lowest BCUT2D eigenvalue weighted by Crippen LogP contribution is -2.57. The highest BCUT2D eigenvalue weighted by Crippen LogP contribution is 2.07. The Morgan fingerprint density at radius 2 is 1.35 bits per heavy atom. The highest BCUT2D eigenvalue weighted by Gasteiger charge is 2.31. The van der Waals surface area contributed by atoms with Crippen molar-refractivity contribution in [1.82, 2.24) is 16.0 Å². The first-order valence-electron chi connectivity index (χ1n) is 12.8. The molecule has 0 saturated carbocycles. The predicted molar refractivity (Wildman–Crippen MR) is 147 cm³/mol. The van der Waals surface area contributed by atoms with Crippen LogP contribution in [0.3, 0.4) is 0 Å². The molecule has 1 rings (SSSR count). The molecule has 0 spiro atoms. The van der Waals surface area contributed by atoms with Crippen molar-refractivity contribution >= 4 is 35.6 Å². The summed E-state index contributed by atoms with van der Waals surface area (Å²) in [5.74, 6) is -5.36. The second-order valence-electron chi connectivity index (χ2n) is 9.15. The van der Waals surface area contributed by atoms with Gasteiger partial charge in [0.1, 0.15) is 18.1 Å². The van der Waals surface area contributed by atoms with Crippen molar-refractivity contribution in [1.29, 1.82) is 0 Å². The summed E-state index contributed by atoms with van der Waals surface area (Å²) < 4.78 is 0. The molecule has 0 fully saturated rings. The van der Waals surface area contributed by atoms with E-state index in [0.717, 1.165) is 5.56 Å². The first-order chi connectivity index (χ1) is 18.9. The molecule has 0 aliphatic rings. The van der Waals surface area contributed by atoms with E-state index in [1.807, 2.05) is 30.3 Å². The van der Waals surface area contributed by atoms with Crippen molar-refractivity contribution in [3.8, 4) is 0 Å². The largest absolute Gasteiger partial charge is 0.481 e. The minimum atomic E-state index is -1.72. The van der Waals surface area contributed by atoms with E-state index < -0.39 is 60.2 Å². The highest BCUT2D eigenvalue weighted by atomic mass is 16.4. The molecule has 4 unspecified atom stereocenters. The minimum Gasteiger partial charge on any atom is -0.481 e. The van der Waals surface area contributed by atoms with Gasteiger partial charge in [-0.3, -0.25) is 24.2 Å². The van der Waals surface area contributed by atoms with Crippen molar-refractivity contribution in [2.75, 3.05) is 13.1 Å². The highest BCUT2D eigenvalue weighted by molar-refractivity contribution is 5.94. The number of nitrogens with two attached hydrogens (primary N) is 4. The number of unbranched alkanes of at least 4 members (excludes halogenated alkanes) is 1. The van der Waals surface area contributed by atoms with Gasteiger partial charge in [-0.2, -0.15) is 0 Å². The van der Waals surface area contributed by atoms with Crippen LogP contribution in [0, 0.1) is 0 Å². The average molecular weight is 565 g/mol. The van der Waals surface area contributed by atoms with E-state index in [-0.39, 0.29) is 38.2 Å². The fourth-order valence-corrected chi connectivity index (χ4v) is 3.69. The summed E-state index contributed by atoms with van der Waals surface area (Å²) in [7, 11) is 0. The van der Waals surface area contributed by atoms with Crippen LogP contribution in [-0.2, 0) is 30.4 Å². The van der Waals surface area contributed by atoms with Gasteiger partial charge in [0.05, 0.1) is 12.5 Å². The summed E-state index contributed by atoms with van der Waals surface area (Å²) in [5.41, 5.74) is 23.1. The number of carbonyl (C=O) groups excluding carboxylic acids is 3. The fraction of sp³-hybridized carbons (Fsp3) is 0.520. The molecule has 0 aliphatic carbocycles. The summed E-state index contributed by atoms with van der Waals surface area (Å²) in [6.45, 7) is 0.482. The van der Waals surface area contributed by atoms with Gasteiger partial charge < -0.3 is 49.1 Å². The number of hydrogen-bond donors (Lipinski definition) is 9. The topological polar surface area (TPSA) is 278 Å². The second kappa shape index (κ2) is 18.1. The normalized spacial score (nSPS) is 13.7. The number of nitrogens with zero attached hydrogens (tertiary/aromatic N) is 1. The average Bonchev–Trinajstić information content (AvgIpc) is 2.89. The third-order valence-electron chi connectivity index (χ3n) is 5.79. The maximum atomic E-state index is 13.3. The lowest BCUT2D eigenvalue weighted by atomic mass is 10.0. The fourth-order valence-electron chi connectivity index (χ4n) is 3.69. The molecule has 3 amide bonds. The van der Waals surface area contributed by atoms with Crippen molar-refractivity contribution in [2.24, 2.45) is 27.9 Å². The SMILES string of the molecule is NCCCCC(NC(=O)C(N)Cc1ccccc1)C(=O)NC(CCCN=C(N)N)C(=O)NC(CC(=O)O)C(=O)O. The molecule has 4 atom stereocenters. The van der Waals surface area contributed by atoms with E-state index in [1.165, 1.54) is 0 Å². The molecular formula is C25H40N8O7. The monoisotopic (exact) mass is 564 g/mol. The van der Waals surface area contributed by atoms with Crippen LogP contribution >= 0.6 is 0 Å². The Morgan fingerprint density at radius 3 is 1.88 bits per heavy atom. The Hall–Kier alpha value is -4.24. The molecule has 0 radical (unpaired) electrons. The lowest BCUT2D eigenvalue weighted by Gasteiger charge is -2.25. The minimum absolute atomic E-state index is 0.00918. The number of nitrogens with one attached hydrogen (secondary N) is 3. The smallest absolute Gasteiger partial charge is 0.326 e. The van der Waals surface area contributed by atoms with Gasteiger partial charge in [-0.25, -0.2) is 4.79 Å². The van der Waals surface area contributed by atoms with Crippen molar-refractivity contribution in [3.05, 3.63) is 35.9 Å². The Balaban J connectivity index is 3.04. The summed E-state index contributed by atoms with van der Waals surface area (Å²) in [6.07, 6.45) is 0.847. The molecule has 222 valence electrons. The summed E-state index contributed by atoms with van der Waals surface area (Å²) in [6, 6.07) is 4.08. The Morgan fingerprint density at radius 1 is 0.800 bits per heavy atom. The van der Waals surface area contributed by atoms with Gasteiger partial charge in [-0.15, -0.1) is 0 Å². The molecule has 15 nitrogen and oxygen atoms in total. The molecule has 0 aliphatic heterocycles. The predicted octanol–water partition coefficient (Wildman–Crippen LogP) is -2.25. The van der Waals surface area contributed by atoms with Gasteiger partial charge in [-0.1, -0.05) is 30.3 Å². The summed E-state index contributed by atoms with van der Waals surface area (Å²) >= 11 is 0. The molecule has 13 N–H and O–H groups in total. The van der Waals surface area contributed by atoms with Crippen molar-refractivity contribution < 1.29 is 34.2 Å². The van der Waals surface area contributed by atoms with Crippen LogP contribution in [0.5, 0.6) is 0 Å². The van der Waals surface area contributed by atoms with E-state index in [9.17, 15) is 29.1 Å². The van der Waals surface area contributed by atoms with Crippen LogP contribution in [0.25, 0.3) is 0 Å². The number of amides is 3. The maximum absolute atomic E-state index is 13.3. The van der Waals surface area contributed by atoms with Crippen molar-refractivity contribution in [3.63, 3.8) is 0 Å². The van der Waals surface area contributed by atoms with Gasteiger partial charge in [0.15, 0.2) is 5.96 Å². The molecule has 0 aromatic heterocycles. The van der Waals surface area contributed by atoms with Crippen LogP contribution in [0.4, 0.5) is 0 Å². The van der Waals surface area contributed by atoms with E-state index in [4.69, 9.17) is 28.0 Å². The van der Waals surface area contributed by atoms with E-state index in [1.54, 1.807) is 0 Å². The molecule has 40 heavy (non-hydrogen) atoms. The van der Waals surface area contributed by atoms with E-state index in [2.05, 4.69) is 20.9 Å². The summed E-state index contributed by atoms with van der Waals surface area (Å²) in [5, 5.41) is 25.6. The number of rotatable bonds is 19. The third-order valence-corrected chi connectivity index (χ3v) is 5.79. The number of carbonyl (C=O) groups is 5. The second-order valence-corrected chi connectivity index (χ2v) is 9.15. The van der Waals surface area contributed by atoms with Crippen LogP contribution in [0.15, 0.2) is 35.3 Å². The molecule has 0 heterocycles. The first-order valence-corrected chi connectivity index (χ1v) is 12.8. The molecule has 0 bridgehead atoms. The van der Waals surface area contributed by atoms with Crippen LogP contribution in [-0.4, -0.2) is 83.1 Å².